The van der Waals surface area contributed by atoms with Crippen molar-refractivity contribution in [1.29, 1.82) is 0 Å². The van der Waals surface area contributed by atoms with Crippen LogP contribution in [0.3, 0.4) is 0 Å². The maximum atomic E-state index is 13.1. The summed E-state index contributed by atoms with van der Waals surface area (Å²) in [5, 5.41) is 5.48. The molecule has 1 saturated heterocycles. The van der Waals surface area contributed by atoms with Gasteiger partial charge in [-0.1, -0.05) is 24.3 Å². The molecule has 30 heavy (non-hydrogen) atoms. The number of carbonyl (C=O) groups is 1. The summed E-state index contributed by atoms with van der Waals surface area (Å²) in [6.07, 6.45) is 2.60. The number of amides is 1. The van der Waals surface area contributed by atoms with Gasteiger partial charge >= 0.3 is 0 Å². The molecule has 0 unspecified atom stereocenters. The molecule has 0 bridgehead atoms. The van der Waals surface area contributed by atoms with Crippen molar-refractivity contribution in [1.82, 2.24) is 10.2 Å². The Morgan fingerprint density at radius 1 is 1.23 bits per heavy atom. The minimum atomic E-state index is -0.380. The highest BCUT2D eigenvalue weighted by atomic mass is 35.5. The van der Waals surface area contributed by atoms with Gasteiger partial charge < -0.3 is 24.4 Å². The molecule has 2 aliphatic rings. The molecule has 2 aromatic rings. The summed E-state index contributed by atoms with van der Waals surface area (Å²) in [6, 6.07) is 12.8. The van der Waals surface area contributed by atoms with E-state index in [2.05, 4.69) is 29.6 Å². The van der Waals surface area contributed by atoms with Crippen LogP contribution in [0.15, 0.2) is 36.4 Å². The Labute approximate surface area is 184 Å². The van der Waals surface area contributed by atoms with Gasteiger partial charge in [0.2, 0.25) is 0 Å². The smallest absolute Gasteiger partial charge is 0.253 e. The molecule has 1 amide bonds. The first-order chi connectivity index (χ1) is 14.3. The maximum Gasteiger partial charge on any atom is 0.253 e. The molecule has 1 atom stereocenters. The number of fused-ring (bicyclic) bond motifs is 1. The number of ether oxygens (including phenoxy) is 3. The number of morpholine rings is 1. The van der Waals surface area contributed by atoms with Crippen molar-refractivity contribution < 1.29 is 19.0 Å². The second kappa shape index (κ2) is 11.0. The Morgan fingerprint density at radius 3 is 2.80 bits per heavy atom. The van der Waals surface area contributed by atoms with Crippen molar-refractivity contribution in [2.75, 3.05) is 40.0 Å². The lowest BCUT2D eigenvalue weighted by atomic mass is 10.0. The molecule has 0 spiro atoms. The minimum Gasteiger partial charge on any atom is -0.493 e. The van der Waals surface area contributed by atoms with E-state index in [9.17, 15) is 4.79 Å². The van der Waals surface area contributed by atoms with E-state index in [0.29, 0.717) is 39.0 Å². The molecule has 2 fully saturated rings. The Balaban J connectivity index is 0.00000256. The molecule has 1 aliphatic carbocycles. The summed E-state index contributed by atoms with van der Waals surface area (Å²) in [5.74, 6) is 0.961. The Morgan fingerprint density at radius 2 is 2.07 bits per heavy atom. The van der Waals surface area contributed by atoms with Crippen LogP contribution < -0.4 is 10.1 Å². The highest BCUT2D eigenvalue weighted by Crippen LogP contribution is 2.32. The predicted molar refractivity (Wildman–Crippen MR) is 119 cm³/mol. The van der Waals surface area contributed by atoms with Crippen molar-refractivity contribution in [2.24, 2.45) is 0 Å². The van der Waals surface area contributed by atoms with E-state index in [-0.39, 0.29) is 24.4 Å². The number of nitrogens with zero attached hydrogens (tertiary/aromatic N) is 1. The van der Waals surface area contributed by atoms with Gasteiger partial charge in [0.05, 0.1) is 13.2 Å². The molecular formula is C23H31ClN2O4. The molecule has 2 aromatic carbocycles. The number of benzene rings is 2. The van der Waals surface area contributed by atoms with Crippen LogP contribution >= 0.6 is 12.4 Å². The fourth-order valence-corrected chi connectivity index (χ4v) is 3.81. The maximum absolute atomic E-state index is 13.1. The average Bonchev–Trinajstić information content (AvgIpc) is 3.60. The van der Waals surface area contributed by atoms with Gasteiger partial charge in [-0.2, -0.15) is 0 Å². The Hall–Kier alpha value is -1.86. The van der Waals surface area contributed by atoms with E-state index in [4.69, 9.17) is 14.2 Å². The zero-order valence-corrected chi connectivity index (χ0v) is 18.3. The fraction of sp³-hybridized carbons (Fsp3) is 0.522. The molecule has 1 heterocycles. The SMILES string of the molecule is COCCCOc1cc(CN(C(=O)[C@H]2CNCCO2)C2CC2)cc2ccccc12.Cl. The number of halogens is 1. The van der Waals surface area contributed by atoms with E-state index in [0.717, 1.165) is 47.9 Å². The van der Waals surface area contributed by atoms with Crippen molar-refractivity contribution in [2.45, 2.75) is 38.0 Å². The van der Waals surface area contributed by atoms with Gasteiger partial charge in [-0.05, 0) is 35.9 Å². The van der Waals surface area contributed by atoms with Gasteiger partial charge in [-0.25, -0.2) is 0 Å². The van der Waals surface area contributed by atoms with Crippen LogP contribution in [0.4, 0.5) is 0 Å². The van der Waals surface area contributed by atoms with E-state index in [1.54, 1.807) is 7.11 Å². The molecule has 0 aromatic heterocycles. The van der Waals surface area contributed by atoms with Gasteiger partial charge in [0.25, 0.3) is 5.91 Å². The molecule has 1 saturated carbocycles. The fourth-order valence-electron chi connectivity index (χ4n) is 3.81. The second-order valence-electron chi connectivity index (χ2n) is 7.77. The summed E-state index contributed by atoms with van der Waals surface area (Å²) in [5.41, 5.74) is 1.09. The van der Waals surface area contributed by atoms with Gasteiger partial charge in [0, 0.05) is 51.2 Å². The van der Waals surface area contributed by atoms with Crippen LogP contribution in [0.25, 0.3) is 10.8 Å². The van der Waals surface area contributed by atoms with Crippen molar-refractivity contribution in [3.05, 3.63) is 42.0 Å². The van der Waals surface area contributed by atoms with Crippen molar-refractivity contribution >= 4 is 29.1 Å². The predicted octanol–water partition coefficient (Wildman–Crippen LogP) is 3.16. The van der Waals surface area contributed by atoms with E-state index in [1.165, 1.54) is 0 Å². The van der Waals surface area contributed by atoms with Crippen LogP contribution in [0, 0.1) is 0 Å². The number of nitrogens with one attached hydrogen (secondary N) is 1. The van der Waals surface area contributed by atoms with Crippen LogP contribution in [0.5, 0.6) is 5.75 Å². The zero-order valence-electron chi connectivity index (χ0n) is 17.5. The van der Waals surface area contributed by atoms with Crippen LogP contribution in [0.2, 0.25) is 0 Å². The zero-order chi connectivity index (χ0) is 20.1. The third-order valence-corrected chi connectivity index (χ3v) is 5.46. The number of hydrogen-bond acceptors (Lipinski definition) is 5. The standard InChI is InChI=1S/C23H30N2O4.ClH/c1-27-10-4-11-28-21-14-17(13-18-5-2-3-6-20(18)21)16-25(19-7-8-19)23(26)22-15-24-9-12-29-22;/h2-3,5-6,13-14,19,22,24H,4,7-12,15-16H2,1H3;1H/t22-;/m1./s1. The van der Waals surface area contributed by atoms with E-state index >= 15 is 0 Å². The van der Waals surface area contributed by atoms with Crippen LogP contribution in [-0.2, 0) is 20.8 Å². The Kier molecular flexibility index (Phi) is 8.33. The number of rotatable bonds is 9. The summed E-state index contributed by atoms with van der Waals surface area (Å²) in [7, 11) is 1.70. The van der Waals surface area contributed by atoms with Crippen LogP contribution in [0.1, 0.15) is 24.8 Å². The highest BCUT2D eigenvalue weighted by Gasteiger charge is 2.36. The van der Waals surface area contributed by atoms with Crippen LogP contribution in [-0.4, -0.2) is 63.0 Å². The summed E-state index contributed by atoms with van der Waals surface area (Å²) >= 11 is 0. The first-order valence-corrected chi connectivity index (χ1v) is 10.5. The third-order valence-electron chi connectivity index (χ3n) is 5.46. The monoisotopic (exact) mass is 434 g/mol. The number of carbonyl (C=O) groups excluding carboxylic acids is 1. The van der Waals surface area contributed by atoms with Crippen molar-refractivity contribution in [3.63, 3.8) is 0 Å². The molecule has 1 aliphatic heterocycles. The summed E-state index contributed by atoms with van der Waals surface area (Å²) in [6.45, 7) is 3.85. The van der Waals surface area contributed by atoms with Gasteiger partial charge in [-0.3, -0.25) is 4.79 Å². The Bertz CT molecular complexity index is 837. The quantitative estimate of drug-likeness (QED) is 0.614. The largest absolute Gasteiger partial charge is 0.493 e. The second-order valence-corrected chi connectivity index (χ2v) is 7.77. The highest BCUT2D eigenvalue weighted by molar-refractivity contribution is 5.89. The first kappa shape index (κ1) is 22.8. The first-order valence-electron chi connectivity index (χ1n) is 10.5. The molecule has 6 nitrogen and oxygen atoms in total. The lowest BCUT2D eigenvalue weighted by Gasteiger charge is -2.30. The topological polar surface area (TPSA) is 60.0 Å². The molecule has 164 valence electrons. The van der Waals surface area contributed by atoms with Gasteiger partial charge in [0.1, 0.15) is 11.9 Å². The number of methoxy groups -OCH3 is 1. The molecule has 1 N–H and O–H groups in total. The number of hydrogen-bond donors (Lipinski definition) is 1. The van der Waals surface area contributed by atoms with E-state index < -0.39 is 0 Å². The minimum absolute atomic E-state index is 0. The van der Waals surface area contributed by atoms with Crippen molar-refractivity contribution in [3.8, 4) is 5.75 Å². The normalized spacial score (nSPS) is 18.6. The van der Waals surface area contributed by atoms with E-state index in [1.807, 2.05) is 17.0 Å². The molecule has 4 rings (SSSR count). The molecule has 7 heteroatoms. The summed E-state index contributed by atoms with van der Waals surface area (Å²) in [4.78, 5) is 15.1. The lowest BCUT2D eigenvalue weighted by molar-refractivity contribution is -0.146. The van der Waals surface area contributed by atoms with Gasteiger partial charge in [0.15, 0.2) is 0 Å². The average molecular weight is 435 g/mol. The third kappa shape index (κ3) is 5.64. The van der Waals surface area contributed by atoms with Gasteiger partial charge in [-0.15, -0.1) is 12.4 Å². The summed E-state index contributed by atoms with van der Waals surface area (Å²) < 4.78 is 16.9. The molecule has 0 radical (unpaired) electrons. The lowest BCUT2D eigenvalue weighted by Crippen LogP contribution is -2.49. The molecular weight excluding hydrogens is 404 g/mol.